The Kier molecular flexibility index (Phi) is 5.88. The standard InChI is InChI=1S/C19H25N5O2/c1-13-11-17(23-15-5-7-16(26-2)8-6-15)24-19(22-13)21-10-9-20-18(25)12-14-3-4-14/h5-8,11,14H,3-4,9-10,12H2,1-2H3,(H,20,25)(H2,21,22,23,24). The molecule has 3 rings (SSSR count). The SMILES string of the molecule is COc1ccc(Nc2cc(C)nc(NCCNC(=O)CC3CC3)n2)cc1. The van der Waals surface area contributed by atoms with E-state index in [2.05, 4.69) is 25.9 Å². The van der Waals surface area contributed by atoms with Crippen LogP contribution in [-0.2, 0) is 4.79 Å². The van der Waals surface area contributed by atoms with E-state index in [-0.39, 0.29) is 5.91 Å². The number of carbonyl (C=O) groups is 1. The molecular formula is C19H25N5O2. The zero-order chi connectivity index (χ0) is 18.4. The largest absolute Gasteiger partial charge is 0.497 e. The summed E-state index contributed by atoms with van der Waals surface area (Å²) in [5, 5.41) is 9.33. The van der Waals surface area contributed by atoms with E-state index in [1.165, 1.54) is 12.8 Å². The third-order valence-corrected chi connectivity index (χ3v) is 4.12. The van der Waals surface area contributed by atoms with E-state index < -0.39 is 0 Å². The molecule has 0 saturated heterocycles. The zero-order valence-corrected chi connectivity index (χ0v) is 15.2. The van der Waals surface area contributed by atoms with E-state index in [1.54, 1.807) is 7.11 Å². The molecule has 1 saturated carbocycles. The van der Waals surface area contributed by atoms with E-state index in [9.17, 15) is 4.79 Å². The number of anilines is 3. The van der Waals surface area contributed by atoms with Gasteiger partial charge in [0, 0.05) is 37.0 Å². The van der Waals surface area contributed by atoms with Crippen molar-refractivity contribution in [2.45, 2.75) is 26.2 Å². The van der Waals surface area contributed by atoms with Crippen molar-refractivity contribution in [1.82, 2.24) is 15.3 Å². The molecule has 1 aliphatic rings. The molecule has 0 unspecified atom stereocenters. The predicted molar refractivity (Wildman–Crippen MR) is 102 cm³/mol. The molecule has 7 nitrogen and oxygen atoms in total. The Balaban J connectivity index is 1.50. The van der Waals surface area contributed by atoms with Gasteiger partial charge in [0.15, 0.2) is 0 Å². The van der Waals surface area contributed by atoms with E-state index in [0.717, 1.165) is 17.1 Å². The molecule has 0 bridgehead atoms. The molecule has 0 aliphatic heterocycles. The number of aryl methyl sites for hydroxylation is 1. The first kappa shape index (κ1) is 18.0. The molecule has 1 amide bonds. The summed E-state index contributed by atoms with van der Waals surface area (Å²) in [5.41, 5.74) is 1.78. The smallest absolute Gasteiger partial charge is 0.224 e. The predicted octanol–water partition coefficient (Wildman–Crippen LogP) is 2.87. The van der Waals surface area contributed by atoms with Crippen LogP contribution in [0.15, 0.2) is 30.3 Å². The minimum Gasteiger partial charge on any atom is -0.497 e. The van der Waals surface area contributed by atoms with Gasteiger partial charge in [-0.25, -0.2) is 4.98 Å². The minimum atomic E-state index is 0.126. The fourth-order valence-electron chi connectivity index (χ4n) is 2.57. The molecule has 0 spiro atoms. The maximum absolute atomic E-state index is 11.7. The molecule has 26 heavy (non-hydrogen) atoms. The molecule has 1 heterocycles. The topological polar surface area (TPSA) is 88.2 Å². The van der Waals surface area contributed by atoms with Crippen molar-refractivity contribution < 1.29 is 9.53 Å². The van der Waals surface area contributed by atoms with Gasteiger partial charge in [-0.05, 0) is 49.9 Å². The van der Waals surface area contributed by atoms with Gasteiger partial charge < -0.3 is 20.7 Å². The molecule has 0 atom stereocenters. The van der Waals surface area contributed by atoms with Crippen molar-refractivity contribution in [2.24, 2.45) is 5.92 Å². The van der Waals surface area contributed by atoms with Gasteiger partial charge in [0.2, 0.25) is 11.9 Å². The maximum Gasteiger partial charge on any atom is 0.224 e. The van der Waals surface area contributed by atoms with Crippen molar-refractivity contribution in [3.63, 3.8) is 0 Å². The lowest BCUT2D eigenvalue weighted by Gasteiger charge is -2.11. The number of hydrogen-bond acceptors (Lipinski definition) is 6. The molecule has 2 aromatic rings. The molecule has 1 aromatic carbocycles. The number of methoxy groups -OCH3 is 1. The number of aromatic nitrogens is 2. The summed E-state index contributed by atoms with van der Waals surface area (Å²) in [5.74, 6) is 2.79. The number of nitrogens with one attached hydrogen (secondary N) is 3. The van der Waals surface area contributed by atoms with Crippen molar-refractivity contribution in [2.75, 3.05) is 30.8 Å². The molecule has 138 valence electrons. The van der Waals surface area contributed by atoms with Crippen LogP contribution in [0.2, 0.25) is 0 Å². The van der Waals surface area contributed by atoms with Crippen LogP contribution in [-0.4, -0.2) is 36.1 Å². The van der Waals surface area contributed by atoms with Gasteiger partial charge in [-0.15, -0.1) is 0 Å². The molecule has 3 N–H and O–H groups in total. The second-order valence-corrected chi connectivity index (χ2v) is 6.50. The third kappa shape index (κ3) is 5.61. The van der Waals surface area contributed by atoms with E-state index >= 15 is 0 Å². The fraction of sp³-hybridized carbons (Fsp3) is 0.421. The number of hydrogen-bond donors (Lipinski definition) is 3. The van der Waals surface area contributed by atoms with Crippen LogP contribution < -0.4 is 20.7 Å². The molecule has 1 aliphatic carbocycles. The summed E-state index contributed by atoms with van der Waals surface area (Å²) in [6.45, 7) is 3.06. The summed E-state index contributed by atoms with van der Waals surface area (Å²) in [7, 11) is 1.64. The van der Waals surface area contributed by atoms with Gasteiger partial charge in [-0.1, -0.05) is 0 Å². The number of nitrogens with zero attached hydrogens (tertiary/aromatic N) is 2. The van der Waals surface area contributed by atoms with E-state index in [1.807, 2.05) is 37.3 Å². The van der Waals surface area contributed by atoms with Crippen molar-refractivity contribution in [3.8, 4) is 5.75 Å². The van der Waals surface area contributed by atoms with Crippen LogP contribution in [0.25, 0.3) is 0 Å². The van der Waals surface area contributed by atoms with Crippen LogP contribution in [0, 0.1) is 12.8 Å². The summed E-state index contributed by atoms with van der Waals surface area (Å²) in [6.07, 6.45) is 3.02. The highest BCUT2D eigenvalue weighted by Crippen LogP contribution is 2.32. The molecular weight excluding hydrogens is 330 g/mol. The lowest BCUT2D eigenvalue weighted by Crippen LogP contribution is -2.29. The third-order valence-electron chi connectivity index (χ3n) is 4.12. The number of rotatable bonds is 9. The van der Waals surface area contributed by atoms with Gasteiger partial charge in [0.25, 0.3) is 0 Å². The number of amides is 1. The first-order valence-corrected chi connectivity index (χ1v) is 8.90. The van der Waals surface area contributed by atoms with Crippen LogP contribution in [0.3, 0.4) is 0 Å². The van der Waals surface area contributed by atoms with Gasteiger partial charge in [-0.3, -0.25) is 4.79 Å². The highest BCUT2D eigenvalue weighted by molar-refractivity contribution is 5.76. The second-order valence-electron chi connectivity index (χ2n) is 6.50. The van der Waals surface area contributed by atoms with E-state index in [0.29, 0.717) is 37.2 Å². The normalized spacial score (nSPS) is 13.2. The minimum absolute atomic E-state index is 0.126. The second kappa shape index (κ2) is 8.51. The molecule has 7 heteroatoms. The average Bonchev–Trinajstić information content (AvgIpc) is 3.43. The Morgan fingerprint density at radius 1 is 1.19 bits per heavy atom. The Bertz CT molecular complexity index is 744. The lowest BCUT2D eigenvalue weighted by molar-refractivity contribution is -0.121. The van der Waals surface area contributed by atoms with Gasteiger partial charge in [-0.2, -0.15) is 4.98 Å². The summed E-state index contributed by atoms with van der Waals surface area (Å²) < 4.78 is 5.16. The van der Waals surface area contributed by atoms with Gasteiger partial charge >= 0.3 is 0 Å². The van der Waals surface area contributed by atoms with Crippen molar-refractivity contribution >= 4 is 23.4 Å². The zero-order valence-electron chi connectivity index (χ0n) is 15.2. The Morgan fingerprint density at radius 3 is 2.65 bits per heavy atom. The lowest BCUT2D eigenvalue weighted by atomic mass is 10.3. The quantitative estimate of drug-likeness (QED) is 0.600. The first-order chi connectivity index (χ1) is 12.6. The molecule has 1 fully saturated rings. The Hall–Kier alpha value is -2.83. The Morgan fingerprint density at radius 2 is 1.96 bits per heavy atom. The van der Waals surface area contributed by atoms with Gasteiger partial charge in [0.1, 0.15) is 11.6 Å². The van der Waals surface area contributed by atoms with Crippen molar-refractivity contribution in [3.05, 3.63) is 36.0 Å². The molecule has 1 aromatic heterocycles. The van der Waals surface area contributed by atoms with Gasteiger partial charge in [0.05, 0.1) is 7.11 Å². The maximum atomic E-state index is 11.7. The Labute approximate surface area is 153 Å². The van der Waals surface area contributed by atoms with Crippen molar-refractivity contribution in [1.29, 1.82) is 0 Å². The monoisotopic (exact) mass is 355 g/mol. The number of carbonyl (C=O) groups excluding carboxylic acids is 1. The van der Waals surface area contributed by atoms with E-state index in [4.69, 9.17) is 4.74 Å². The molecule has 0 radical (unpaired) electrons. The van der Waals surface area contributed by atoms with Crippen LogP contribution in [0.4, 0.5) is 17.5 Å². The highest BCUT2D eigenvalue weighted by Gasteiger charge is 2.23. The first-order valence-electron chi connectivity index (χ1n) is 8.90. The number of ether oxygens (including phenoxy) is 1. The highest BCUT2D eigenvalue weighted by atomic mass is 16.5. The number of benzene rings is 1. The fourth-order valence-corrected chi connectivity index (χ4v) is 2.57. The summed E-state index contributed by atoms with van der Waals surface area (Å²) in [6, 6.07) is 9.52. The van der Waals surface area contributed by atoms with Crippen LogP contribution in [0.1, 0.15) is 25.0 Å². The summed E-state index contributed by atoms with van der Waals surface area (Å²) >= 11 is 0. The van der Waals surface area contributed by atoms with Crippen LogP contribution in [0.5, 0.6) is 5.75 Å². The summed E-state index contributed by atoms with van der Waals surface area (Å²) in [4.78, 5) is 20.5. The average molecular weight is 355 g/mol. The van der Waals surface area contributed by atoms with Crippen LogP contribution >= 0.6 is 0 Å².